The zero-order valence-corrected chi connectivity index (χ0v) is 14.3. The van der Waals surface area contributed by atoms with Gasteiger partial charge in [-0.3, -0.25) is 4.79 Å². The van der Waals surface area contributed by atoms with E-state index in [0.29, 0.717) is 47.5 Å². The molecule has 0 unspecified atom stereocenters. The minimum absolute atomic E-state index is 0.00332. The highest BCUT2D eigenvalue weighted by Crippen LogP contribution is 2.22. The molecule has 7 heteroatoms. The molecule has 0 N–H and O–H groups in total. The lowest BCUT2D eigenvalue weighted by atomic mass is 10.2. The molecule has 6 nitrogen and oxygen atoms in total. The minimum Gasteiger partial charge on any atom is -0.422 e. The summed E-state index contributed by atoms with van der Waals surface area (Å²) >= 11 is 6.00. The number of hydrogen-bond donors (Lipinski definition) is 0. The van der Waals surface area contributed by atoms with Gasteiger partial charge in [-0.2, -0.15) is 4.98 Å². The molecule has 4 rings (SSSR count). The number of anilines is 1. The van der Waals surface area contributed by atoms with Crippen LogP contribution in [-0.2, 0) is 0 Å². The fourth-order valence-electron chi connectivity index (χ4n) is 3.01. The van der Waals surface area contributed by atoms with Gasteiger partial charge in [0, 0.05) is 43.0 Å². The average molecular weight is 357 g/mol. The number of carbonyl (C=O) groups is 1. The van der Waals surface area contributed by atoms with Gasteiger partial charge in [-0.25, -0.2) is 4.98 Å². The summed E-state index contributed by atoms with van der Waals surface area (Å²) in [4.78, 5) is 25.3. The zero-order chi connectivity index (χ0) is 17.2. The van der Waals surface area contributed by atoms with Crippen LogP contribution in [0.2, 0.25) is 5.02 Å². The lowest BCUT2D eigenvalue weighted by Gasteiger charge is -2.21. The first-order valence-electron chi connectivity index (χ1n) is 8.22. The van der Waals surface area contributed by atoms with Crippen LogP contribution in [0.4, 0.5) is 6.01 Å². The molecular weight excluding hydrogens is 340 g/mol. The third-order valence-corrected chi connectivity index (χ3v) is 4.51. The Bertz CT molecular complexity index is 878. The van der Waals surface area contributed by atoms with Gasteiger partial charge in [0.1, 0.15) is 0 Å². The lowest BCUT2D eigenvalue weighted by Crippen LogP contribution is -2.35. The Morgan fingerprint density at radius 2 is 2.04 bits per heavy atom. The number of halogens is 1. The van der Waals surface area contributed by atoms with Crippen LogP contribution in [0, 0.1) is 0 Å². The number of rotatable bonds is 2. The van der Waals surface area contributed by atoms with Crippen molar-refractivity contribution in [2.24, 2.45) is 0 Å². The van der Waals surface area contributed by atoms with Crippen LogP contribution in [0.3, 0.4) is 0 Å². The minimum atomic E-state index is 0.00332. The van der Waals surface area contributed by atoms with Gasteiger partial charge in [0.25, 0.3) is 11.9 Å². The molecule has 1 saturated heterocycles. The smallest absolute Gasteiger partial charge is 0.300 e. The van der Waals surface area contributed by atoms with Crippen LogP contribution < -0.4 is 4.90 Å². The van der Waals surface area contributed by atoms with Gasteiger partial charge in [-0.15, -0.1) is 0 Å². The summed E-state index contributed by atoms with van der Waals surface area (Å²) < 4.78 is 5.79. The summed E-state index contributed by atoms with van der Waals surface area (Å²) in [5, 5.41) is 0.571. The van der Waals surface area contributed by atoms with Crippen molar-refractivity contribution < 1.29 is 9.21 Å². The number of pyridine rings is 1. The normalized spacial score (nSPS) is 15.4. The van der Waals surface area contributed by atoms with E-state index in [1.165, 1.54) is 0 Å². The van der Waals surface area contributed by atoms with E-state index in [2.05, 4.69) is 14.9 Å². The summed E-state index contributed by atoms with van der Waals surface area (Å²) in [6.07, 6.45) is 2.54. The molecule has 1 amide bonds. The number of amides is 1. The largest absolute Gasteiger partial charge is 0.422 e. The number of hydrogen-bond acceptors (Lipinski definition) is 5. The van der Waals surface area contributed by atoms with Gasteiger partial charge >= 0.3 is 0 Å². The van der Waals surface area contributed by atoms with Crippen molar-refractivity contribution in [2.45, 2.75) is 6.42 Å². The van der Waals surface area contributed by atoms with E-state index >= 15 is 0 Å². The Kier molecular flexibility index (Phi) is 4.28. The number of oxazole rings is 1. The Balaban J connectivity index is 1.49. The maximum Gasteiger partial charge on any atom is 0.300 e. The van der Waals surface area contributed by atoms with Gasteiger partial charge in [0.05, 0.1) is 0 Å². The summed E-state index contributed by atoms with van der Waals surface area (Å²) in [7, 11) is 0. The second kappa shape index (κ2) is 6.72. The van der Waals surface area contributed by atoms with Crippen molar-refractivity contribution in [3.8, 4) is 0 Å². The first-order valence-corrected chi connectivity index (χ1v) is 8.60. The highest BCUT2D eigenvalue weighted by Gasteiger charge is 2.23. The zero-order valence-electron chi connectivity index (χ0n) is 13.6. The van der Waals surface area contributed by atoms with Crippen molar-refractivity contribution in [1.29, 1.82) is 0 Å². The highest BCUT2D eigenvalue weighted by molar-refractivity contribution is 6.30. The molecule has 2 aromatic heterocycles. The van der Waals surface area contributed by atoms with E-state index in [-0.39, 0.29) is 5.91 Å². The number of nitrogens with zero attached hydrogens (tertiary/aromatic N) is 4. The predicted molar refractivity (Wildman–Crippen MR) is 96.0 cm³/mol. The Morgan fingerprint density at radius 1 is 1.12 bits per heavy atom. The third kappa shape index (κ3) is 3.30. The molecular formula is C18H17ClN4O2. The SMILES string of the molecule is O=C(c1cccc(Cl)c1)N1CCCN(c2nc3ncccc3o2)CC1. The fourth-order valence-corrected chi connectivity index (χ4v) is 3.20. The second-order valence-corrected chi connectivity index (χ2v) is 6.40. The van der Waals surface area contributed by atoms with Gasteiger partial charge in [0.15, 0.2) is 5.58 Å². The maximum absolute atomic E-state index is 12.7. The first-order chi connectivity index (χ1) is 12.2. The van der Waals surface area contributed by atoms with Crippen molar-refractivity contribution in [3.63, 3.8) is 0 Å². The topological polar surface area (TPSA) is 62.5 Å². The van der Waals surface area contributed by atoms with E-state index < -0.39 is 0 Å². The number of benzene rings is 1. The van der Waals surface area contributed by atoms with Crippen LogP contribution >= 0.6 is 11.6 Å². The maximum atomic E-state index is 12.7. The lowest BCUT2D eigenvalue weighted by molar-refractivity contribution is 0.0767. The molecule has 1 aliphatic rings. The molecule has 0 radical (unpaired) electrons. The molecule has 1 aromatic carbocycles. The monoisotopic (exact) mass is 356 g/mol. The van der Waals surface area contributed by atoms with Gasteiger partial charge in [-0.05, 0) is 36.8 Å². The first kappa shape index (κ1) is 15.9. The number of aromatic nitrogens is 2. The van der Waals surface area contributed by atoms with Gasteiger partial charge < -0.3 is 14.2 Å². The third-order valence-electron chi connectivity index (χ3n) is 4.28. The molecule has 25 heavy (non-hydrogen) atoms. The van der Waals surface area contributed by atoms with Gasteiger partial charge in [-0.1, -0.05) is 17.7 Å². The Labute approximate surface area is 150 Å². The molecule has 0 aliphatic carbocycles. The van der Waals surface area contributed by atoms with E-state index in [4.69, 9.17) is 16.0 Å². The molecule has 1 aliphatic heterocycles. The summed E-state index contributed by atoms with van der Waals surface area (Å²) in [6.45, 7) is 2.75. The van der Waals surface area contributed by atoms with Crippen LogP contribution in [0.5, 0.6) is 0 Å². The van der Waals surface area contributed by atoms with Crippen LogP contribution in [0.1, 0.15) is 16.8 Å². The molecule has 0 bridgehead atoms. The van der Waals surface area contributed by atoms with E-state index in [0.717, 1.165) is 13.0 Å². The fraction of sp³-hybridized carbons (Fsp3) is 0.278. The molecule has 0 atom stereocenters. The molecule has 3 heterocycles. The molecule has 0 spiro atoms. The second-order valence-electron chi connectivity index (χ2n) is 5.96. The molecule has 0 saturated carbocycles. The van der Waals surface area contributed by atoms with Crippen molar-refractivity contribution in [2.75, 3.05) is 31.1 Å². The van der Waals surface area contributed by atoms with E-state index in [9.17, 15) is 4.79 Å². The molecule has 1 fully saturated rings. The summed E-state index contributed by atoms with van der Waals surface area (Å²) in [6, 6.07) is 11.3. The van der Waals surface area contributed by atoms with Crippen LogP contribution in [0.25, 0.3) is 11.2 Å². The highest BCUT2D eigenvalue weighted by atomic mass is 35.5. The molecule has 128 valence electrons. The average Bonchev–Trinajstić information content (AvgIpc) is 2.90. The van der Waals surface area contributed by atoms with Crippen LogP contribution in [0.15, 0.2) is 47.0 Å². The quantitative estimate of drug-likeness (QED) is 0.705. The number of carbonyl (C=O) groups excluding carboxylic acids is 1. The Morgan fingerprint density at radius 3 is 2.88 bits per heavy atom. The van der Waals surface area contributed by atoms with E-state index in [1.54, 1.807) is 30.5 Å². The van der Waals surface area contributed by atoms with Crippen molar-refractivity contribution in [1.82, 2.24) is 14.9 Å². The van der Waals surface area contributed by atoms with Crippen molar-refractivity contribution in [3.05, 3.63) is 53.2 Å². The van der Waals surface area contributed by atoms with Gasteiger partial charge in [0.2, 0.25) is 5.65 Å². The standard InChI is InChI=1S/C18H17ClN4O2/c19-14-5-1-4-13(12-14)17(24)22-8-3-9-23(11-10-22)18-21-16-15(25-18)6-2-7-20-16/h1-2,4-7,12H,3,8-11H2. The van der Waals surface area contributed by atoms with Crippen LogP contribution in [-0.4, -0.2) is 47.0 Å². The summed E-state index contributed by atoms with van der Waals surface area (Å²) in [5.41, 5.74) is 1.90. The Hall–Kier alpha value is -2.60. The van der Waals surface area contributed by atoms with Crippen molar-refractivity contribution >= 4 is 34.8 Å². The summed E-state index contributed by atoms with van der Waals surface area (Å²) in [5.74, 6) is 0.00332. The number of fused-ring (bicyclic) bond motifs is 1. The molecule has 3 aromatic rings. The van der Waals surface area contributed by atoms with E-state index in [1.807, 2.05) is 17.0 Å². The predicted octanol–water partition coefficient (Wildman–Crippen LogP) is 3.23.